The van der Waals surface area contributed by atoms with Gasteiger partial charge < -0.3 is 5.73 Å². The van der Waals surface area contributed by atoms with Crippen LogP contribution in [-0.2, 0) is 4.79 Å². The molecule has 1 aliphatic carbocycles. The smallest absolute Gasteiger partial charge is 0.257 e. The maximum absolute atomic E-state index is 12.8. The van der Waals surface area contributed by atoms with Gasteiger partial charge in [-0.2, -0.15) is 0 Å². The Bertz CT molecular complexity index is 428. The molecule has 126 valence electrons. The van der Waals surface area contributed by atoms with Gasteiger partial charge in [0.15, 0.2) is 5.96 Å². The van der Waals surface area contributed by atoms with Gasteiger partial charge in [-0.05, 0) is 43.9 Å². The summed E-state index contributed by atoms with van der Waals surface area (Å²) < 4.78 is 0. The van der Waals surface area contributed by atoms with E-state index in [1.807, 2.05) is 6.92 Å². The van der Waals surface area contributed by atoms with E-state index in [9.17, 15) is 4.79 Å². The maximum atomic E-state index is 12.8. The standard InChI is InChI=1S/C18H33N3O/c1-5-6-15(10-9-14-7-8-14)12-21-16(22)18(4,11-13(2)3)20-17(21)19/h13-15H,5-12H2,1-4H3,(H2,19,20). The first-order valence-corrected chi connectivity index (χ1v) is 9.03. The molecule has 0 aromatic heterocycles. The Morgan fingerprint density at radius 3 is 2.59 bits per heavy atom. The Hall–Kier alpha value is -1.06. The lowest BCUT2D eigenvalue weighted by atomic mass is 9.90. The molecule has 0 spiro atoms. The molecular formula is C18H33N3O. The minimum Gasteiger partial charge on any atom is -0.369 e. The normalized spacial score (nSPS) is 26.7. The molecule has 2 aliphatic rings. The number of rotatable bonds is 9. The van der Waals surface area contributed by atoms with Gasteiger partial charge in [-0.3, -0.25) is 9.69 Å². The lowest BCUT2D eigenvalue weighted by Crippen LogP contribution is -2.45. The second kappa shape index (κ2) is 7.01. The number of nitrogens with two attached hydrogens (primary N) is 1. The number of carbonyl (C=O) groups is 1. The summed E-state index contributed by atoms with van der Waals surface area (Å²) in [7, 11) is 0. The summed E-state index contributed by atoms with van der Waals surface area (Å²) in [4.78, 5) is 19.1. The Kier molecular flexibility index (Phi) is 5.51. The summed E-state index contributed by atoms with van der Waals surface area (Å²) in [6, 6.07) is 0. The zero-order valence-corrected chi connectivity index (χ0v) is 14.8. The van der Waals surface area contributed by atoms with Crippen LogP contribution in [-0.4, -0.2) is 28.9 Å². The highest BCUT2D eigenvalue weighted by Crippen LogP contribution is 2.36. The fraction of sp³-hybridized carbons (Fsp3) is 0.889. The molecule has 22 heavy (non-hydrogen) atoms. The van der Waals surface area contributed by atoms with Gasteiger partial charge in [-0.15, -0.1) is 0 Å². The van der Waals surface area contributed by atoms with Gasteiger partial charge in [0, 0.05) is 6.54 Å². The fourth-order valence-electron chi connectivity index (χ4n) is 3.73. The molecule has 2 N–H and O–H groups in total. The SMILES string of the molecule is CCCC(CCC1CC1)CN1C(=O)C(C)(CC(C)C)N=C1N. The van der Waals surface area contributed by atoms with Crippen molar-refractivity contribution in [3.63, 3.8) is 0 Å². The van der Waals surface area contributed by atoms with E-state index in [0.717, 1.165) is 25.3 Å². The zero-order valence-electron chi connectivity index (χ0n) is 14.8. The Morgan fingerprint density at radius 1 is 1.36 bits per heavy atom. The van der Waals surface area contributed by atoms with E-state index in [4.69, 9.17) is 5.73 Å². The minimum absolute atomic E-state index is 0.103. The van der Waals surface area contributed by atoms with E-state index in [1.54, 1.807) is 4.90 Å². The van der Waals surface area contributed by atoms with Crippen LogP contribution in [0.15, 0.2) is 4.99 Å². The highest BCUT2D eigenvalue weighted by molar-refractivity contribution is 6.06. The van der Waals surface area contributed by atoms with Crippen molar-refractivity contribution in [2.24, 2.45) is 28.5 Å². The van der Waals surface area contributed by atoms with Crippen LogP contribution in [0, 0.1) is 17.8 Å². The Morgan fingerprint density at radius 2 is 2.05 bits per heavy atom. The van der Waals surface area contributed by atoms with E-state index in [-0.39, 0.29) is 5.91 Å². The third kappa shape index (κ3) is 4.23. The highest BCUT2D eigenvalue weighted by atomic mass is 16.2. The van der Waals surface area contributed by atoms with Crippen molar-refractivity contribution in [2.45, 2.75) is 78.2 Å². The summed E-state index contributed by atoms with van der Waals surface area (Å²) >= 11 is 0. The fourth-order valence-corrected chi connectivity index (χ4v) is 3.73. The van der Waals surface area contributed by atoms with Crippen LogP contribution < -0.4 is 5.73 Å². The second-order valence-electron chi connectivity index (χ2n) is 7.93. The molecule has 1 amide bonds. The third-order valence-electron chi connectivity index (χ3n) is 4.97. The van der Waals surface area contributed by atoms with Crippen molar-refractivity contribution in [1.29, 1.82) is 0 Å². The van der Waals surface area contributed by atoms with E-state index < -0.39 is 5.54 Å². The molecule has 4 heteroatoms. The first kappa shape index (κ1) is 17.3. The van der Waals surface area contributed by atoms with Gasteiger partial charge in [0.2, 0.25) is 0 Å². The molecule has 0 aromatic carbocycles. The first-order valence-electron chi connectivity index (χ1n) is 9.03. The topological polar surface area (TPSA) is 58.7 Å². The molecule has 0 radical (unpaired) electrons. The summed E-state index contributed by atoms with van der Waals surface area (Å²) in [5, 5.41) is 0. The van der Waals surface area contributed by atoms with Crippen molar-refractivity contribution in [2.75, 3.05) is 6.54 Å². The number of aliphatic imine (C=N–C) groups is 1. The molecule has 2 unspecified atom stereocenters. The summed E-state index contributed by atoms with van der Waals surface area (Å²) in [6.45, 7) is 9.16. The summed E-state index contributed by atoms with van der Waals surface area (Å²) in [6.07, 6.45) is 8.43. The Balaban J connectivity index is 1.97. The molecule has 1 fully saturated rings. The van der Waals surface area contributed by atoms with Gasteiger partial charge in [-0.1, -0.05) is 46.5 Å². The van der Waals surface area contributed by atoms with Gasteiger partial charge in [0.1, 0.15) is 5.54 Å². The molecule has 1 heterocycles. The van der Waals surface area contributed by atoms with Gasteiger partial charge >= 0.3 is 0 Å². The van der Waals surface area contributed by atoms with E-state index in [1.165, 1.54) is 32.1 Å². The zero-order chi connectivity index (χ0) is 16.3. The van der Waals surface area contributed by atoms with Gasteiger partial charge in [-0.25, -0.2) is 4.99 Å². The second-order valence-corrected chi connectivity index (χ2v) is 7.93. The van der Waals surface area contributed by atoms with Crippen LogP contribution in [0.2, 0.25) is 0 Å². The van der Waals surface area contributed by atoms with Crippen molar-refractivity contribution in [3.05, 3.63) is 0 Å². The predicted octanol–water partition coefficient (Wildman–Crippen LogP) is 3.55. The number of amides is 1. The van der Waals surface area contributed by atoms with E-state index in [2.05, 4.69) is 25.8 Å². The monoisotopic (exact) mass is 307 g/mol. The molecule has 0 saturated heterocycles. The average Bonchev–Trinajstić information content (AvgIpc) is 3.20. The molecule has 0 aromatic rings. The minimum atomic E-state index is -0.647. The number of guanidine groups is 1. The summed E-state index contributed by atoms with van der Waals surface area (Å²) in [5.41, 5.74) is 5.44. The molecular weight excluding hydrogens is 274 g/mol. The van der Waals surface area contributed by atoms with Crippen molar-refractivity contribution >= 4 is 11.9 Å². The van der Waals surface area contributed by atoms with Crippen molar-refractivity contribution in [3.8, 4) is 0 Å². The van der Waals surface area contributed by atoms with Crippen molar-refractivity contribution < 1.29 is 4.79 Å². The van der Waals surface area contributed by atoms with Crippen LogP contribution in [0.5, 0.6) is 0 Å². The molecule has 1 aliphatic heterocycles. The number of nitrogens with zero attached hydrogens (tertiary/aromatic N) is 2. The Labute approximate surface area is 135 Å². The number of carbonyl (C=O) groups excluding carboxylic acids is 1. The number of hydrogen-bond donors (Lipinski definition) is 1. The van der Waals surface area contributed by atoms with Gasteiger partial charge in [0.25, 0.3) is 5.91 Å². The van der Waals surface area contributed by atoms with Crippen LogP contribution in [0.25, 0.3) is 0 Å². The van der Waals surface area contributed by atoms with E-state index in [0.29, 0.717) is 17.8 Å². The molecule has 2 atom stereocenters. The van der Waals surface area contributed by atoms with Crippen LogP contribution in [0.1, 0.15) is 72.6 Å². The maximum Gasteiger partial charge on any atom is 0.257 e. The highest BCUT2D eigenvalue weighted by Gasteiger charge is 2.44. The molecule has 4 nitrogen and oxygen atoms in total. The molecule has 0 bridgehead atoms. The van der Waals surface area contributed by atoms with Gasteiger partial charge in [0.05, 0.1) is 0 Å². The van der Waals surface area contributed by atoms with Crippen LogP contribution in [0.3, 0.4) is 0 Å². The quantitative estimate of drug-likeness (QED) is 0.708. The third-order valence-corrected chi connectivity index (χ3v) is 4.97. The van der Waals surface area contributed by atoms with E-state index >= 15 is 0 Å². The van der Waals surface area contributed by atoms with Crippen LogP contribution in [0.4, 0.5) is 0 Å². The number of hydrogen-bond acceptors (Lipinski definition) is 3. The lowest BCUT2D eigenvalue weighted by Gasteiger charge is -2.27. The van der Waals surface area contributed by atoms with Crippen molar-refractivity contribution in [1.82, 2.24) is 4.90 Å². The average molecular weight is 307 g/mol. The summed E-state index contributed by atoms with van der Waals surface area (Å²) in [5.74, 6) is 2.48. The lowest BCUT2D eigenvalue weighted by molar-refractivity contribution is -0.131. The largest absolute Gasteiger partial charge is 0.369 e. The molecule has 1 saturated carbocycles. The molecule has 2 rings (SSSR count). The van der Waals surface area contributed by atoms with Crippen LogP contribution >= 0.6 is 0 Å². The predicted molar refractivity (Wildman–Crippen MR) is 91.6 cm³/mol. The first-order chi connectivity index (χ1) is 10.4.